The fourth-order valence-electron chi connectivity index (χ4n) is 2.26. The molecule has 0 spiro atoms. The number of alkyl halides is 1. The Kier molecular flexibility index (Phi) is 4.65. The highest BCUT2D eigenvalue weighted by molar-refractivity contribution is 7.88. The number of hydrogen-bond acceptors (Lipinski definition) is 2. The summed E-state index contributed by atoms with van der Waals surface area (Å²) in [5.41, 5.74) is 0.816. The van der Waals surface area contributed by atoms with Crippen molar-refractivity contribution in [3.63, 3.8) is 0 Å². The molecule has 0 aliphatic heterocycles. The maximum Gasteiger partial charge on any atom is 0.216 e. The maximum absolute atomic E-state index is 12.0. The number of hydrogen-bond donors (Lipinski definition) is 1. The summed E-state index contributed by atoms with van der Waals surface area (Å²) < 4.78 is 26.8. The molecule has 0 bridgehead atoms. The molecule has 1 aliphatic carbocycles. The minimum atomic E-state index is -3.24. The van der Waals surface area contributed by atoms with Crippen LogP contribution < -0.4 is 4.72 Å². The largest absolute Gasteiger partial charge is 0.216 e. The van der Waals surface area contributed by atoms with Gasteiger partial charge >= 0.3 is 0 Å². The van der Waals surface area contributed by atoms with Crippen LogP contribution in [0, 0.1) is 0 Å². The molecular weight excluding hydrogens is 270 g/mol. The van der Waals surface area contributed by atoms with E-state index in [1.54, 1.807) is 0 Å². The Balaban J connectivity index is 1.92. The monoisotopic (exact) mass is 287 g/mol. The minimum absolute atomic E-state index is 0.0497. The molecule has 0 heterocycles. The molecule has 5 heteroatoms. The van der Waals surface area contributed by atoms with Crippen LogP contribution in [0.1, 0.15) is 31.2 Å². The van der Waals surface area contributed by atoms with E-state index in [1.807, 2.05) is 30.3 Å². The molecular formula is C13H18ClNO2S. The van der Waals surface area contributed by atoms with Crippen molar-refractivity contribution in [3.8, 4) is 0 Å². The number of rotatable bonds is 4. The van der Waals surface area contributed by atoms with Crippen molar-refractivity contribution in [1.29, 1.82) is 0 Å². The Morgan fingerprint density at radius 2 is 1.72 bits per heavy atom. The smallest absolute Gasteiger partial charge is 0.212 e. The van der Waals surface area contributed by atoms with E-state index < -0.39 is 10.0 Å². The third-order valence-electron chi connectivity index (χ3n) is 3.20. The van der Waals surface area contributed by atoms with Gasteiger partial charge in [0.25, 0.3) is 0 Å². The second-order valence-corrected chi connectivity index (χ2v) is 7.18. The zero-order chi connectivity index (χ0) is 13.0. The molecule has 3 nitrogen and oxygen atoms in total. The van der Waals surface area contributed by atoms with Crippen LogP contribution in [0.2, 0.25) is 0 Å². The van der Waals surface area contributed by atoms with Crippen molar-refractivity contribution in [1.82, 2.24) is 4.72 Å². The van der Waals surface area contributed by atoms with Gasteiger partial charge in [-0.15, -0.1) is 11.6 Å². The second kappa shape index (κ2) is 6.04. The molecule has 1 aromatic rings. The molecule has 1 fully saturated rings. The van der Waals surface area contributed by atoms with Crippen LogP contribution in [-0.2, 0) is 15.8 Å². The van der Waals surface area contributed by atoms with E-state index in [0.717, 1.165) is 31.2 Å². The summed E-state index contributed by atoms with van der Waals surface area (Å²) >= 11 is 6.01. The summed E-state index contributed by atoms with van der Waals surface area (Å²) in [5, 5.41) is 0.208. The quantitative estimate of drug-likeness (QED) is 0.866. The Morgan fingerprint density at radius 1 is 1.11 bits per heavy atom. The van der Waals surface area contributed by atoms with Crippen LogP contribution in [0.25, 0.3) is 0 Å². The van der Waals surface area contributed by atoms with E-state index in [-0.39, 0.29) is 17.2 Å². The van der Waals surface area contributed by atoms with Crippen LogP contribution in [0.3, 0.4) is 0 Å². The van der Waals surface area contributed by atoms with E-state index >= 15 is 0 Å². The van der Waals surface area contributed by atoms with E-state index in [1.165, 1.54) is 0 Å². The van der Waals surface area contributed by atoms with Crippen molar-refractivity contribution in [2.75, 3.05) is 0 Å². The van der Waals surface area contributed by atoms with Gasteiger partial charge in [-0.25, -0.2) is 13.1 Å². The lowest BCUT2D eigenvalue weighted by Crippen LogP contribution is -2.38. The summed E-state index contributed by atoms with van der Waals surface area (Å²) in [5.74, 6) is 0.0502. The molecule has 0 saturated heterocycles. The Hall–Kier alpha value is -0.580. The molecule has 2 rings (SSSR count). The normalized spacial score (nSPS) is 24.9. The molecule has 0 amide bonds. The van der Waals surface area contributed by atoms with Crippen molar-refractivity contribution in [2.24, 2.45) is 0 Å². The zero-order valence-electron chi connectivity index (χ0n) is 10.2. The SMILES string of the molecule is O=S(=O)(Cc1ccccc1)NC1CCC(Cl)CC1. The molecule has 0 radical (unpaired) electrons. The van der Waals surface area contributed by atoms with Gasteiger partial charge in [0.2, 0.25) is 10.0 Å². The van der Waals surface area contributed by atoms with Crippen molar-refractivity contribution >= 4 is 21.6 Å². The molecule has 1 N–H and O–H groups in total. The van der Waals surface area contributed by atoms with Gasteiger partial charge in [-0.2, -0.15) is 0 Å². The maximum atomic E-state index is 12.0. The van der Waals surface area contributed by atoms with Gasteiger partial charge in [-0.3, -0.25) is 0 Å². The molecule has 100 valence electrons. The van der Waals surface area contributed by atoms with Crippen LogP contribution in [-0.4, -0.2) is 19.8 Å². The highest BCUT2D eigenvalue weighted by Crippen LogP contribution is 2.23. The lowest BCUT2D eigenvalue weighted by Gasteiger charge is -2.25. The Morgan fingerprint density at radius 3 is 2.33 bits per heavy atom. The van der Waals surface area contributed by atoms with Crippen molar-refractivity contribution in [2.45, 2.75) is 42.9 Å². The molecule has 0 unspecified atom stereocenters. The molecule has 0 aromatic heterocycles. The van der Waals surface area contributed by atoms with Gasteiger partial charge < -0.3 is 0 Å². The molecule has 1 saturated carbocycles. The topological polar surface area (TPSA) is 46.2 Å². The van der Waals surface area contributed by atoms with E-state index in [0.29, 0.717) is 0 Å². The first-order valence-corrected chi connectivity index (χ1v) is 8.32. The van der Waals surface area contributed by atoms with Crippen LogP contribution in [0.4, 0.5) is 0 Å². The summed E-state index contributed by atoms with van der Waals surface area (Å²) in [6.07, 6.45) is 3.45. The predicted octanol–water partition coefficient (Wildman–Crippen LogP) is 2.66. The standard InChI is InChI=1S/C13H18ClNO2S/c14-12-6-8-13(9-7-12)15-18(16,17)10-11-4-2-1-3-5-11/h1-5,12-13,15H,6-10H2. The highest BCUT2D eigenvalue weighted by atomic mass is 35.5. The van der Waals surface area contributed by atoms with Gasteiger partial charge in [-0.1, -0.05) is 30.3 Å². The van der Waals surface area contributed by atoms with Gasteiger partial charge in [0.15, 0.2) is 0 Å². The third kappa shape index (κ3) is 4.26. The average molecular weight is 288 g/mol. The first-order chi connectivity index (χ1) is 8.55. The summed E-state index contributed by atoms with van der Waals surface area (Å²) in [7, 11) is -3.24. The summed E-state index contributed by atoms with van der Waals surface area (Å²) in [6, 6.07) is 9.29. The third-order valence-corrected chi connectivity index (χ3v) is 5.04. The molecule has 1 aromatic carbocycles. The van der Waals surface area contributed by atoms with Crippen LogP contribution in [0.5, 0.6) is 0 Å². The summed E-state index contributed by atoms with van der Waals surface area (Å²) in [4.78, 5) is 0. The van der Waals surface area contributed by atoms with Crippen LogP contribution in [0.15, 0.2) is 30.3 Å². The summed E-state index contributed by atoms with van der Waals surface area (Å²) in [6.45, 7) is 0. The number of sulfonamides is 1. The molecule has 0 atom stereocenters. The van der Waals surface area contributed by atoms with Gasteiger partial charge in [0.1, 0.15) is 0 Å². The highest BCUT2D eigenvalue weighted by Gasteiger charge is 2.23. The van der Waals surface area contributed by atoms with Gasteiger partial charge in [-0.05, 0) is 31.2 Å². The van der Waals surface area contributed by atoms with Crippen molar-refractivity contribution < 1.29 is 8.42 Å². The van der Waals surface area contributed by atoms with E-state index in [9.17, 15) is 8.42 Å². The molecule has 1 aliphatic rings. The molecule has 18 heavy (non-hydrogen) atoms. The van der Waals surface area contributed by atoms with E-state index in [4.69, 9.17) is 11.6 Å². The number of halogens is 1. The lowest BCUT2D eigenvalue weighted by atomic mass is 9.96. The first kappa shape index (κ1) is 13.8. The van der Waals surface area contributed by atoms with Crippen LogP contribution >= 0.6 is 11.6 Å². The Labute approximate surface area is 114 Å². The second-order valence-electron chi connectivity index (χ2n) is 4.81. The fourth-order valence-corrected chi connectivity index (χ4v) is 3.97. The van der Waals surface area contributed by atoms with Crippen molar-refractivity contribution in [3.05, 3.63) is 35.9 Å². The lowest BCUT2D eigenvalue weighted by molar-refractivity contribution is 0.416. The minimum Gasteiger partial charge on any atom is -0.212 e. The van der Waals surface area contributed by atoms with E-state index in [2.05, 4.69) is 4.72 Å². The van der Waals surface area contributed by atoms with Gasteiger partial charge in [0, 0.05) is 11.4 Å². The zero-order valence-corrected chi connectivity index (χ0v) is 11.8. The number of benzene rings is 1. The average Bonchev–Trinajstić information content (AvgIpc) is 2.32. The Bertz CT molecular complexity index is 467. The number of nitrogens with one attached hydrogen (secondary N) is 1. The predicted molar refractivity (Wildman–Crippen MR) is 74.1 cm³/mol. The first-order valence-electron chi connectivity index (χ1n) is 6.23. The van der Waals surface area contributed by atoms with Gasteiger partial charge in [0.05, 0.1) is 5.75 Å². The fraction of sp³-hybridized carbons (Fsp3) is 0.538.